The SMILES string of the molecule is CC1(C)Cc2cc(-c3ccc(C(F)(F)F)cc3)ccc2N([SH+]C2=CC#CC(Br)C(F)=C2)C1. The highest BCUT2D eigenvalue weighted by Gasteiger charge is 2.35. The minimum atomic E-state index is -4.35. The molecule has 0 bridgehead atoms. The van der Waals surface area contributed by atoms with Crippen LogP contribution in [0.3, 0.4) is 0 Å². The minimum absolute atomic E-state index is 0.0179. The molecule has 32 heavy (non-hydrogen) atoms. The Labute approximate surface area is 197 Å². The molecule has 0 aromatic heterocycles. The average molecular weight is 523 g/mol. The molecule has 1 unspecified atom stereocenters. The fourth-order valence-electron chi connectivity index (χ4n) is 3.87. The molecule has 0 fully saturated rings. The minimum Gasteiger partial charge on any atom is -0.209 e. The Morgan fingerprint density at radius 1 is 1.09 bits per heavy atom. The molecule has 1 nitrogen and oxygen atoms in total. The van der Waals surface area contributed by atoms with E-state index in [-0.39, 0.29) is 11.2 Å². The summed E-state index contributed by atoms with van der Waals surface area (Å²) < 4.78 is 55.1. The van der Waals surface area contributed by atoms with Crippen LogP contribution in [0.15, 0.2) is 65.3 Å². The molecule has 0 amide bonds. The summed E-state index contributed by atoms with van der Waals surface area (Å²) in [7, 11) is 0. The zero-order chi connectivity index (χ0) is 23.1. The predicted molar refractivity (Wildman–Crippen MR) is 128 cm³/mol. The molecule has 1 heterocycles. The van der Waals surface area contributed by atoms with Crippen LogP contribution in [0.1, 0.15) is 25.0 Å². The quantitative estimate of drug-likeness (QED) is 0.138. The Kier molecular flexibility index (Phi) is 6.21. The predicted octanol–water partition coefficient (Wildman–Crippen LogP) is 7.01. The van der Waals surface area contributed by atoms with Crippen molar-refractivity contribution in [2.75, 3.05) is 10.8 Å². The van der Waals surface area contributed by atoms with Gasteiger partial charge in [0.05, 0.1) is 17.8 Å². The maximum atomic E-state index is 14.2. The third-order valence-electron chi connectivity index (χ3n) is 5.34. The fourth-order valence-corrected chi connectivity index (χ4v) is 5.48. The van der Waals surface area contributed by atoms with E-state index in [0.29, 0.717) is 0 Å². The Balaban J connectivity index is 1.65. The molecule has 4 rings (SSSR count). The second kappa shape index (κ2) is 8.64. The summed E-state index contributed by atoms with van der Waals surface area (Å²) in [6.07, 6.45) is -0.265. The fraction of sp³-hybridized carbons (Fsp3) is 0.280. The van der Waals surface area contributed by atoms with Gasteiger partial charge in [-0.1, -0.05) is 59.8 Å². The van der Waals surface area contributed by atoms with E-state index in [0.717, 1.165) is 64.3 Å². The number of rotatable bonds is 3. The lowest BCUT2D eigenvalue weighted by atomic mass is 9.81. The van der Waals surface area contributed by atoms with Crippen LogP contribution in [0, 0.1) is 17.3 Å². The lowest BCUT2D eigenvalue weighted by Gasteiger charge is -2.36. The summed E-state index contributed by atoms with van der Waals surface area (Å²) in [5.41, 5.74) is 3.10. The van der Waals surface area contributed by atoms with Gasteiger partial charge in [-0.3, -0.25) is 0 Å². The first-order chi connectivity index (χ1) is 15.0. The summed E-state index contributed by atoms with van der Waals surface area (Å²) in [5, 5.41) is 0. The molecule has 0 N–H and O–H groups in total. The number of hydrogen-bond donors (Lipinski definition) is 0. The van der Waals surface area contributed by atoms with Crippen LogP contribution in [-0.4, -0.2) is 11.4 Å². The van der Waals surface area contributed by atoms with Gasteiger partial charge in [0.15, 0.2) is 4.91 Å². The third kappa shape index (κ3) is 5.07. The van der Waals surface area contributed by atoms with Gasteiger partial charge >= 0.3 is 6.18 Å². The van der Waals surface area contributed by atoms with Gasteiger partial charge in [0.1, 0.15) is 22.6 Å². The van der Waals surface area contributed by atoms with E-state index in [1.807, 2.05) is 18.2 Å². The number of nitrogens with zero attached hydrogens (tertiary/aromatic N) is 1. The highest BCUT2D eigenvalue weighted by molar-refractivity contribution is 9.09. The Morgan fingerprint density at radius 2 is 1.78 bits per heavy atom. The standard InChI is InChI=1S/C25H20BrF4NS/c1-24(2)14-18-12-17(16-6-9-19(10-7-16)25(28,29)30)8-11-23(18)31(15-24)32-20-4-3-5-21(26)22(27)13-20/h4,6-13,21H,14-15H2,1-2H3/p+1. The Morgan fingerprint density at radius 3 is 2.47 bits per heavy atom. The Bertz CT molecular complexity index is 1150. The van der Waals surface area contributed by atoms with E-state index in [9.17, 15) is 17.6 Å². The van der Waals surface area contributed by atoms with Crippen molar-refractivity contribution in [1.82, 2.24) is 0 Å². The van der Waals surface area contributed by atoms with Crippen LogP contribution >= 0.6 is 15.9 Å². The zero-order valence-electron chi connectivity index (χ0n) is 17.5. The van der Waals surface area contributed by atoms with Crippen LogP contribution in [0.4, 0.5) is 23.2 Å². The lowest BCUT2D eigenvalue weighted by Crippen LogP contribution is -2.39. The van der Waals surface area contributed by atoms with Crippen molar-refractivity contribution in [2.45, 2.75) is 31.3 Å². The number of halogens is 5. The molecule has 0 saturated carbocycles. The number of hydrogen-bond acceptors (Lipinski definition) is 1. The molecule has 166 valence electrons. The molecule has 1 atom stereocenters. The number of benzene rings is 2. The van der Waals surface area contributed by atoms with E-state index in [4.69, 9.17) is 0 Å². The summed E-state index contributed by atoms with van der Waals surface area (Å²) in [5.74, 6) is 5.37. The third-order valence-corrected chi connectivity index (χ3v) is 7.10. The second-order valence-electron chi connectivity index (χ2n) is 8.67. The summed E-state index contributed by atoms with van der Waals surface area (Å²) >= 11 is 4.05. The Hall–Kier alpha value is -2.17. The van der Waals surface area contributed by atoms with Crippen molar-refractivity contribution in [3.8, 4) is 23.0 Å². The largest absolute Gasteiger partial charge is 0.416 e. The number of anilines is 1. The number of allylic oxidation sites excluding steroid dienone is 3. The van der Waals surface area contributed by atoms with E-state index >= 15 is 0 Å². The maximum absolute atomic E-state index is 14.2. The van der Waals surface area contributed by atoms with Gasteiger partial charge in [-0.2, -0.15) is 17.5 Å². The molecule has 2 aromatic rings. The highest BCUT2D eigenvalue weighted by Crippen LogP contribution is 2.40. The molecule has 0 saturated heterocycles. The smallest absolute Gasteiger partial charge is 0.209 e. The molecule has 7 heteroatoms. The van der Waals surface area contributed by atoms with Gasteiger partial charge in [0.25, 0.3) is 0 Å². The molecule has 1 aliphatic heterocycles. The van der Waals surface area contributed by atoms with Crippen molar-refractivity contribution < 1.29 is 17.6 Å². The van der Waals surface area contributed by atoms with Crippen molar-refractivity contribution in [3.63, 3.8) is 0 Å². The summed E-state index contributed by atoms with van der Waals surface area (Å²) in [6, 6.07) is 11.2. The van der Waals surface area contributed by atoms with E-state index in [2.05, 4.69) is 45.9 Å². The molecule has 0 spiro atoms. The first-order valence-electron chi connectivity index (χ1n) is 10.0. The van der Waals surface area contributed by atoms with Gasteiger partial charge in [0, 0.05) is 12.2 Å². The van der Waals surface area contributed by atoms with Crippen LogP contribution in [-0.2, 0) is 24.5 Å². The first-order valence-corrected chi connectivity index (χ1v) is 11.8. The zero-order valence-corrected chi connectivity index (χ0v) is 20.0. The summed E-state index contributed by atoms with van der Waals surface area (Å²) in [4.78, 5) is 0.176. The van der Waals surface area contributed by atoms with E-state index in [1.165, 1.54) is 18.2 Å². The molecule has 2 aliphatic rings. The van der Waals surface area contributed by atoms with Gasteiger partial charge < -0.3 is 0 Å². The molecule has 1 aliphatic carbocycles. The highest BCUT2D eigenvalue weighted by atomic mass is 79.9. The van der Waals surface area contributed by atoms with Crippen LogP contribution < -0.4 is 4.31 Å². The normalized spacial score (nSPS) is 19.8. The molecular formula is C25H21BrF4NS+. The van der Waals surface area contributed by atoms with Crippen LogP contribution in [0.25, 0.3) is 11.1 Å². The van der Waals surface area contributed by atoms with Gasteiger partial charge in [-0.05, 0) is 52.8 Å². The molecule has 0 radical (unpaired) electrons. The van der Waals surface area contributed by atoms with Crippen molar-refractivity contribution in [3.05, 3.63) is 76.5 Å². The van der Waals surface area contributed by atoms with E-state index in [1.54, 1.807) is 6.08 Å². The molecule has 2 aromatic carbocycles. The van der Waals surface area contributed by atoms with Gasteiger partial charge in [0.2, 0.25) is 0 Å². The maximum Gasteiger partial charge on any atom is 0.416 e. The first kappa shape index (κ1) is 23.0. The number of fused-ring (bicyclic) bond motifs is 1. The second-order valence-corrected chi connectivity index (χ2v) is 10.8. The van der Waals surface area contributed by atoms with Crippen molar-refractivity contribution >= 4 is 33.6 Å². The van der Waals surface area contributed by atoms with Crippen molar-refractivity contribution in [1.29, 1.82) is 0 Å². The van der Waals surface area contributed by atoms with Gasteiger partial charge in [-0.25, -0.2) is 4.39 Å². The average Bonchev–Trinajstić information content (AvgIpc) is 2.86. The van der Waals surface area contributed by atoms with Crippen molar-refractivity contribution in [2.24, 2.45) is 5.41 Å². The number of thiol groups is 1. The van der Waals surface area contributed by atoms with E-state index < -0.39 is 16.6 Å². The summed E-state index contributed by atoms with van der Waals surface area (Å²) in [6.45, 7) is 5.14. The van der Waals surface area contributed by atoms with Crippen LogP contribution in [0.5, 0.6) is 0 Å². The van der Waals surface area contributed by atoms with Gasteiger partial charge in [-0.15, -0.1) is 0 Å². The van der Waals surface area contributed by atoms with Crippen LogP contribution in [0.2, 0.25) is 0 Å². The topological polar surface area (TPSA) is 3.24 Å². The monoisotopic (exact) mass is 522 g/mol. The molecular weight excluding hydrogens is 502 g/mol. The number of alkyl halides is 4. The lowest BCUT2D eigenvalue weighted by molar-refractivity contribution is -0.137.